The number of hydrogen-bond donors (Lipinski definition) is 0. The summed E-state index contributed by atoms with van der Waals surface area (Å²) in [5.41, 5.74) is 8.72. The molecule has 4 atom stereocenters. The van der Waals surface area contributed by atoms with Crippen LogP contribution in [0.25, 0.3) is 75.4 Å². The lowest BCUT2D eigenvalue weighted by Gasteiger charge is -2.47. The van der Waals surface area contributed by atoms with Crippen LogP contribution in [0.4, 0.5) is 0 Å². The SMILES string of the molecule is CCCCCc1ccc2c3ccc4ccc5ccc6cc7c8c9c%10c(c2c1CC%10CC(CC)C9CC7CCCCCSC)c1c8c6c5c4c31. The van der Waals surface area contributed by atoms with Crippen LogP contribution >= 0.6 is 11.8 Å². The van der Waals surface area contributed by atoms with Crippen molar-refractivity contribution < 1.29 is 0 Å². The molecule has 0 heterocycles. The van der Waals surface area contributed by atoms with Gasteiger partial charge < -0.3 is 0 Å². The quantitative estimate of drug-likeness (QED) is 0.0758. The van der Waals surface area contributed by atoms with Crippen LogP contribution in [-0.4, -0.2) is 12.0 Å². The smallest absolute Gasteiger partial charge is 0.000411 e. The van der Waals surface area contributed by atoms with E-state index in [1.807, 2.05) is 22.9 Å². The van der Waals surface area contributed by atoms with Crippen molar-refractivity contribution >= 4 is 87.2 Å². The first-order valence-electron chi connectivity index (χ1n) is 19.8. The summed E-state index contributed by atoms with van der Waals surface area (Å²) in [7, 11) is 0. The fourth-order valence-corrected chi connectivity index (χ4v) is 12.7. The fourth-order valence-electron chi connectivity index (χ4n) is 12.2. The maximum Gasteiger partial charge on any atom is -0.000411 e. The topological polar surface area (TPSA) is 0 Å². The largest absolute Gasteiger partial charge is 0.165 e. The second-order valence-corrected chi connectivity index (χ2v) is 17.5. The summed E-state index contributed by atoms with van der Waals surface area (Å²) in [6.07, 6.45) is 18.2. The third-order valence-electron chi connectivity index (χ3n) is 14.2. The number of unbranched alkanes of at least 4 members (excludes halogenated alkanes) is 4. The lowest BCUT2D eigenvalue weighted by molar-refractivity contribution is 0.291. The van der Waals surface area contributed by atoms with E-state index in [0.29, 0.717) is 17.8 Å². The Bertz CT molecular complexity index is 2570. The van der Waals surface area contributed by atoms with Crippen LogP contribution in [0.3, 0.4) is 0 Å². The monoisotopic (exact) mass is 656 g/mol. The molecule has 8 aromatic rings. The molecule has 246 valence electrons. The Balaban J connectivity index is 1.34. The normalized spacial score (nSPS) is 21.6. The molecule has 0 amide bonds. The highest BCUT2D eigenvalue weighted by Crippen LogP contribution is 2.64. The second kappa shape index (κ2) is 10.9. The number of thioether (sulfide) groups is 1. The van der Waals surface area contributed by atoms with Gasteiger partial charge in [0.25, 0.3) is 0 Å². The molecule has 0 aliphatic heterocycles. The van der Waals surface area contributed by atoms with Crippen LogP contribution in [0.15, 0.2) is 54.6 Å². The van der Waals surface area contributed by atoms with Gasteiger partial charge in [0.15, 0.2) is 0 Å². The van der Waals surface area contributed by atoms with Crippen LogP contribution in [-0.2, 0) is 12.8 Å². The van der Waals surface area contributed by atoms with Crippen LogP contribution in [0.2, 0.25) is 0 Å². The molecule has 11 rings (SSSR count). The summed E-state index contributed by atoms with van der Waals surface area (Å²) in [5, 5.41) is 21.9. The van der Waals surface area contributed by atoms with Gasteiger partial charge in [-0.1, -0.05) is 101 Å². The summed E-state index contributed by atoms with van der Waals surface area (Å²) >= 11 is 2.01. The zero-order valence-corrected chi connectivity index (χ0v) is 30.4. The van der Waals surface area contributed by atoms with Crippen molar-refractivity contribution in [2.75, 3.05) is 12.0 Å². The van der Waals surface area contributed by atoms with Gasteiger partial charge in [-0.15, -0.1) is 0 Å². The Morgan fingerprint density at radius 2 is 1.37 bits per heavy atom. The summed E-state index contributed by atoms with van der Waals surface area (Å²) in [6.45, 7) is 4.86. The van der Waals surface area contributed by atoms with Crippen molar-refractivity contribution in [3.05, 3.63) is 82.4 Å². The highest BCUT2D eigenvalue weighted by atomic mass is 32.2. The first-order valence-corrected chi connectivity index (χ1v) is 21.2. The van der Waals surface area contributed by atoms with Crippen molar-refractivity contribution in [2.24, 2.45) is 5.92 Å². The molecule has 0 spiro atoms. The van der Waals surface area contributed by atoms with Crippen molar-refractivity contribution in [1.82, 2.24) is 0 Å². The van der Waals surface area contributed by atoms with E-state index in [1.54, 1.807) is 54.4 Å². The van der Waals surface area contributed by atoms with Gasteiger partial charge in [-0.2, -0.15) is 11.8 Å². The summed E-state index contributed by atoms with van der Waals surface area (Å²) in [5.74, 6) is 4.13. The average molecular weight is 657 g/mol. The van der Waals surface area contributed by atoms with Gasteiger partial charge >= 0.3 is 0 Å². The minimum absolute atomic E-state index is 0.653. The summed E-state index contributed by atoms with van der Waals surface area (Å²) < 4.78 is 0. The molecular formula is C48H48S. The third kappa shape index (κ3) is 3.79. The first kappa shape index (κ1) is 29.4. The van der Waals surface area contributed by atoms with Gasteiger partial charge in [0.2, 0.25) is 0 Å². The van der Waals surface area contributed by atoms with E-state index in [1.165, 1.54) is 121 Å². The molecular weight excluding hydrogens is 609 g/mol. The van der Waals surface area contributed by atoms with Gasteiger partial charge in [-0.05, 0) is 184 Å². The second-order valence-electron chi connectivity index (χ2n) is 16.5. The summed E-state index contributed by atoms with van der Waals surface area (Å²) in [6, 6.07) is 22.5. The molecule has 4 unspecified atom stereocenters. The first-order chi connectivity index (χ1) is 24.2. The van der Waals surface area contributed by atoms with Crippen molar-refractivity contribution in [1.29, 1.82) is 0 Å². The molecule has 0 N–H and O–H groups in total. The van der Waals surface area contributed by atoms with Gasteiger partial charge in [0, 0.05) is 0 Å². The molecule has 0 saturated carbocycles. The van der Waals surface area contributed by atoms with Gasteiger partial charge in [0.05, 0.1) is 0 Å². The van der Waals surface area contributed by atoms with Crippen LogP contribution in [0.5, 0.6) is 0 Å². The number of hydrogen-bond acceptors (Lipinski definition) is 1. The Morgan fingerprint density at radius 3 is 2.18 bits per heavy atom. The fraction of sp³-hybridized carbons (Fsp3) is 0.417. The van der Waals surface area contributed by atoms with E-state index >= 15 is 0 Å². The van der Waals surface area contributed by atoms with E-state index in [-0.39, 0.29) is 0 Å². The minimum Gasteiger partial charge on any atom is -0.165 e. The number of benzene rings is 8. The maximum atomic E-state index is 2.71. The van der Waals surface area contributed by atoms with Crippen LogP contribution in [0.1, 0.15) is 124 Å². The third-order valence-corrected chi connectivity index (χ3v) is 14.9. The molecule has 0 saturated heterocycles. The Hall–Kier alpha value is -3.29. The average Bonchev–Trinajstić information content (AvgIpc) is 3.13. The van der Waals surface area contributed by atoms with E-state index in [2.05, 4.69) is 74.7 Å². The zero-order valence-electron chi connectivity index (χ0n) is 29.6. The standard InChI is InChI=1S/C48H48S/c1-4-6-8-11-27-17-19-33-34-20-18-29-14-13-28-15-16-31-24-37-30(12-9-7-10-21-49-3)23-35-26(5-2)22-32-25-36(27)42(33)46-41(32)44(35)45(37)47-40(31)38(28)39(29)43(34)48(46)47/h13-20,24,26,30,32,35H,4-12,21-23,25H2,1-3H3. The molecule has 49 heavy (non-hydrogen) atoms. The van der Waals surface area contributed by atoms with Crippen LogP contribution in [0, 0.1) is 5.92 Å². The molecule has 3 aliphatic carbocycles. The molecule has 0 bridgehead atoms. The van der Waals surface area contributed by atoms with Crippen molar-refractivity contribution in [3.63, 3.8) is 0 Å². The summed E-state index contributed by atoms with van der Waals surface area (Å²) in [4.78, 5) is 0. The van der Waals surface area contributed by atoms with Gasteiger partial charge in [0.1, 0.15) is 0 Å². The van der Waals surface area contributed by atoms with Crippen LogP contribution < -0.4 is 0 Å². The van der Waals surface area contributed by atoms with Crippen molar-refractivity contribution in [2.45, 2.75) is 109 Å². The van der Waals surface area contributed by atoms with E-state index in [0.717, 1.165) is 5.92 Å². The molecule has 0 aromatic heterocycles. The predicted octanol–water partition coefficient (Wildman–Crippen LogP) is 14.4. The number of fused-ring (bicyclic) bond motifs is 1. The Kier molecular flexibility index (Phi) is 6.52. The lowest BCUT2D eigenvalue weighted by Crippen LogP contribution is -2.31. The highest BCUT2D eigenvalue weighted by Gasteiger charge is 2.44. The molecule has 0 fully saturated rings. The minimum atomic E-state index is 0.653. The Morgan fingerprint density at radius 1 is 0.633 bits per heavy atom. The van der Waals surface area contributed by atoms with Crippen molar-refractivity contribution in [3.8, 4) is 0 Å². The van der Waals surface area contributed by atoms with Gasteiger partial charge in [-0.3, -0.25) is 0 Å². The maximum absolute atomic E-state index is 2.71. The molecule has 0 nitrogen and oxygen atoms in total. The molecule has 0 radical (unpaired) electrons. The number of rotatable bonds is 11. The molecule has 1 heteroatoms. The predicted molar refractivity (Wildman–Crippen MR) is 218 cm³/mol. The highest BCUT2D eigenvalue weighted by molar-refractivity contribution is 7.98. The molecule has 8 aromatic carbocycles. The van der Waals surface area contributed by atoms with E-state index in [9.17, 15) is 0 Å². The zero-order chi connectivity index (χ0) is 32.5. The van der Waals surface area contributed by atoms with Gasteiger partial charge in [-0.25, -0.2) is 0 Å². The van der Waals surface area contributed by atoms with E-state index in [4.69, 9.17) is 0 Å². The van der Waals surface area contributed by atoms with E-state index < -0.39 is 0 Å². The molecule has 3 aliphatic rings. The lowest BCUT2D eigenvalue weighted by atomic mass is 9.57. The number of aryl methyl sites for hydroxylation is 1. The Labute approximate surface area is 295 Å².